The van der Waals surface area contributed by atoms with Gasteiger partial charge in [0.2, 0.25) is 17.7 Å². The Balaban J connectivity index is 2.20. The average molecular weight is 468 g/mol. The fraction of sp³-hybridized carbons (Fsp3) is 0.682. The molecule has 0 saturated carbocycles. The fourth-order valence-corrected chi connectivity index (χ4v) is 3.65. The predicted octanol–water partition coefficient (Wildman–Crippen LogP) is -0.721. The van der Waals surface area contributed by atoms with Crippen LogP contribution in [0.1, 0.15) is 39.0 Å². The Morgan fingerprint density at radius 2 is 1.91 bits per heavy atom. The number of carbonyl (C=O) groups is 5. The number of nitrogens with one attached hydrogen (secondary N) is 2. The Labute approximate surface area is 192 Å². The third-order valence-electron chi connectivity index (χ3n) is 5.66. The summed E-state index contributed by atoms with van der Waals surface area (Å²) in [5.41, 5.74) is 0. The first-order valence-corrected chi connectivity index (χ1v) is 11.2. The molecule has 0 aromatic carbocycles. The lowest BCUT2D eigenvalue weighted by Crippen LogP contribution is -2.51. The van der Waals surface area contributed by atoms with Crippen molar-refractivity contribution in [2.24, 2.45) is 11.8 Å². The lowest BCUT2D eigenvalue weighted by Gasteiger charge is -2.24. The maximum atomic E-state index is 12.7. The first-order chi connectivity index (χ1) is 15.8. The molecule has 0 spiro atoms. The number of amides is 3. The molecule has 2 aliphatic heterocycles. The largest absolute Gasteiger partial charge is 0.467 e. The molecule has 11 nitrogen and oxygen atoms in total. The number of carbonyl (C=O) groups excluding carboxylic acids is 5. The molecule has 2 rings (SSSR count). The van der Waals surface area contributed by atoms with E-state index in [-0.39, 0.29) is 31.8 Å². The maximum absolute atomic E-state index is 12.7. The highest BCUT2D eigenvalue weighted by Crippen LogP contribution is 2.19. The van der Waals surface area contributed by atoms with Crippen molar-refractivity contribution in [3.63, 3.8) is 0 Å². The first kappa shape index (κ1) is 26.3. The van der Waals surface area contributed by atoms with Crippen LogP contribution in [-0.4, -0.2) is 85.2 Å². The van der Waals surface area contributed by atoms with E-state index in [1.54, 1.807) is 24.0 Å². The van der Waals surface area contributed by atoms with E-state index in [2.05, 4.69) is 15.4 Å². The summed E-state index contributed by atoms with van der Waals surface area (Å²) in [6.45, 7) is 2.12. The van der Waals surface area contributed by atoms with E-state index >= 15 is 0 Å². The van der Waals surface area contributed by atoms with Gasteiger partial charge in [-0.2, -0.15) is 0 Å². The summed E-state index contributed by atoms with van der Waals surface area (Å²) in [6, 6.07) is -1.87. The van der Waals surface area contributed by atoms with Crippen molar-refractivity contribution in [1.82, 2.24) is 15.5 Å². The summed E-state index contributed by atoms with van der Waals surface area (Å²) >= 11 is 0. The third-order valence-corrected chi connectivity index (χ3v) is 5.66. The molecule has 33 heavy (non-hydrogen) atoms. The Morgan fingerprint density at radius 3 is 2.55 bits per heavy atom. The topological polar surface area (TPSA) is 151 Å². The SMILES string of the molecule is COC(=O)C1COC(=O)C(CC(=O)N2CCCC2)CC=CCC(C(=O)N[C@H](C)CO)C(=O)N1. The average Bonchev–Trinajstić information content (AvgIpc) is 3.34. The van der Waals surface area contributed by atoms with Crippen molar-refractivity contribution in [2.75, 3.05) is 33.4 Å². The number of hydrogen-bond acceptors (Lipinski definition) is 8. The second-order valence-electron chi connectivity index (χ2n) is 8.29. The monoisotopic (exact) mass is 467 g/mol. The molecular formula is C22H33N3O8. The number of nitrogens with zero attached hydrogens (tertiary/aromatic N) is 1. The molecule has 3 amide bonds. The number of ether oxygens (including phenoxy) is 2. The van der Waals surface area contributed by atoms with Gasteiger partial charge < -0.3 is 30.1 Å². The van der Waals surface area contributed by atoms with Gasteiger partial charge in [0, 0.05) is 25.6 Å². The molecule has 2 aliphatic rings. The Hall–Kier alpha value is -2.95. The molecule has 0 aromatic rings. The summed E-state index contributed by atoms with van der Waals surface area (Å²) < 4.78 is 9.94. The number of aliphatic hydroxyl groups excluding tert-OH is 1. The van der Waals surface area contributed by atoms with Crippen LogP contribution in [0.15, 0.2) is 12.2 Å². The van der Waals surface area contributed by atoms with Crippen LogP contribution in [0.4, 0.5) is 0 Å². The minimum atomic E-state index is -1.31. The van der Waals surface area contributed by atoms with Crippen molar-refractivity contribution >= 4 is 29.7 Å². The van der Waals surface area contributed by atoms with Crippen LogP contribution in [-0.2, 0) is 33.4 Å². The zero-order valence-corrected chi connectivity index (χ0v) is 19.1. The van der Waals surface area contributed by atoms with Crippen LogP contribution in [0.3, 0.4) is 0 Å². The van der Waals surface area contributed by atoms with Gasteiger partial charge in [-0.3, -0.25) is 19.2 Å². The predicted molar refractivity (Wildman–Crippen MR) is 115 cm³/mol. The second kappa shape index (κ2) is 12.9. The Kier molecular flexibility index (Phi) is 10.3. The zero-order valence-electron chi connectivity index (χ0n) is 19.1. The van der Waals surface area contributed by atoms with Crippen molar-refractivity contribution in [2.45, 2.75) is 51.1 Å². The smallest absolute Gasteiger partial charge is 0.331 e. The van der Waals surface area contributed by atoms with Gasteiger partial charge in [0.1, 0.15) is 12.5 Å². The quantitative estimate of drug-likeness (QED) is 0.263. The lowest BCUT2D eigenvalue weighted by molar-refractivity contribution is -0.157. The summed E-state index contributed by atoms with van der Waals surface area (Å²) in [5.74, 6) is -4.92. The van der Waals surface area contributed by atoms with E-state index in [4.69, 9.17) is 4.74 Å². The molecule has 3 N–H and O–H groups in total. The first-order valence-electron chi connectivity index (χ1n) is 11.2. The minimum absolute atomic E-state index is 0.00550. The molecule has 1 saturated heterocycles. The van der Waals surface area contributed by atoms with Crippen molar-refractivity contribution < 1.29 is 38.6 Å². The van der Waals surface area contributed by atoms with Crippen LogP contribution in [0.2, 0.25) is 0 Å². The molecule has 3 unspecified atom stereocenters. The lowest BCUT2D eigenvalue weighted by atomic mass is 9.97. The number of esters is 2. The van der Waals surface area contributed by atoms with E-state index in [1.807, 2.05) is 0 Å². The van der Waals surface area contributed by atoms with Gasteiger partial charge in [0.25, 0.3) is 0 Å². The van der Waals surface area contributed by atoms with Gasteiger partial charge in [-0.1, -0.05) is 12.2 Å². The summed E-state index contributed by atoms with van der Waals surface area (Å²) in [6.07, 6.45) is 5.25. The van der Waals surface area contributed by atoms with Crippen LogP contribution in [0.25, 0.3) is 0 Å². The Morgan fingerprint density at radius 1 is 1.24 bits per heavy atom. The molecule has 184 valence electrons. The van der Waals surface area contributed by atoms with Gasteiger partial charge in [-0.25, -0.2) is 4.79 Å². The maximum Gasteiger partial charge on any atom is 0.331 e. The second-order valence-corrected chi connectivity index (χ2v) is 8.29. The molecular weight excluding hydrogens is 434 g/mol. The molecule has 0 aliphatic carbocycles. The molecule has 4 atom stereocenters. The molecule has 11 heteroatoms. The number of hydrogen-bond donors (Lipinski definition) is 3. The number of methoxy groups -OCH3 is 1. The zero-order chi connectivity index (χ0) is 24.4. The number of aliphatic hydroxyl groups is 1. The highest BCUT2D eigenvalue weighted by molar-refractivity contribution is 6.01. The summed E-state index contributed by atoms with van der Waals surface area (Å²) in [4.78, 5) is 64.4. The van der Waals surface area contributed by atoms with Crippen LogP contribution in [0, 0.1) is 11.8 Å². The van der Waals surface area contributed by atoms with Crippen LogP contribution >= 0.6 is 0 Å². The number of allylic oxidation sites excluding steroid dienone is 2. The summed E-state index contributed by atoms with van der Waals surface area (Å²) in [7, 11) is 1.12. The van der Waals surface area contributed by atoms with E-state index in [9.17, 15) is 29.1 Å². The number of likely N-dealkylation sites (tertiary alicyclic amines) is 1. The third kappa shape index (κ3) is 7.85. The van der Waals surface area contributed by atoms with Gasteiger partial charge in [-0.05, 0) is 32.6 Å². The normalized spacial score (nSPS) is 25.2. The van der Waals surface area contributed by atoms with Crippen molar-refractivity contribution in [1.29, 1.82) is 0 Å². The number of rotatable bonds is 6. The Bertz CT molecular complexity index is 763. The number of cyclic esters (lactones) is 1. The summed E-state index contributed by atoms with van der Waals surface area (Å²) in [5, 5.41) is 14.1. The molecule has 0 radical (unpaired) electrons. The minimum Gasteiger partial charge on any atom is -0.467 e. The van der Waals surface area contributed by atoms with Gasteiger partial charge in [-0.15, -0.1) is 0 Å². The van der Waals surface area contributed by atoms with Gasteiger partial charge >= 0.3 is 11.9 Å². The van der Waals surface area contributed by atoms with E-state index in [0.29, 0.717) is 13.1 Å². The van der Waals surface area contributed by atoms with Crippen molar-refractivity contribution in [3.8, 4) is 0 Å². The molecule has 1 fully saturated rings. The fourth-order valence-electron chi connectivity index (χ4n) is 3.65. The van der Waals surface area contributed by atoms with E-state index in [1.165, 1.54) is 0 Å². The molecule has 0 bridgehead atoms. The van der Waals surface area contributed by atoms with Crippen LogP contribution in [0.5, 0.6) is 0 Å². The highest BCUT2D eigenvalue weighted by atomic mass is 16.5. The standard InChI is InChI=1S/C22H33N3O8/c1-14(12-26)23-19(28)16-8-4-3-7-15(11-18(27)25-9-5-6-10-25)21(30)33-13-17(22(31)32-2)24-20(16)29/h3-4,14-17,26H,5-13H2,1-2H3,(H,23,28)(H,24,29)/t14-,15?,16?,17?/m1/s1. The molecule has 2 heterocycles. The highest BCUT2D eigenvalue weighted by Gasteiger charge is 2.33. The van der Waals surface area contributed by atoms with Gasteiger partial charge in [0.15, 0.2) is 6.04 Å². The van der Waals surface area contributed by atoms with Crippen LogP contribution < -0.4 is 10.6 Å². The molecule has 0 aromatic heterocycles. The van der Waals surface area contributed by atoms with Gasteiger partial charge in [0.05, 0.1) is 19.6 Å². The van der Waals surface area contributed by atoms with Crippen molar-refractivity contribution in [3.05, 3.63) is 12.2 Å². The van der Waals surface area contributed by atoms with E-state index in [0.717, 1.165) is 20.0 Å². The van der Waals surface area contributed by atoms with E-state index < -0.39 is 54.3 Å².